The molecule has 0 fully saturated rings. The van der Waals surface area contributed by atoms with Crippen molar-refractivity contribution in [3.8, 4) is 5.75 Å². The molecule has 0 saturated heterocycles. The van der Waals surface area contributed by atoms with Crippen LogP contribution in [0.1, 0.15) is 15.9 Å². The molecule has 0 N–H and O–H groups in total. The Labute approximate surface area is 110 Å². The summed E-state index contributed by atoms with van der Waals surface area (Å²) < 4.78 is 19.1. The predicted molar refractivity (Wildman–Crippen MR) is 67.7 cm³/mol. The maximum absolute atomic E-state index is 13.6. The van der Waals surface area contributed by atoms with Gasteiger partial charge in [0.05, 0.1) is 24.3 Å². The smallest absolute Gasteiger partial charge is 0.172 e. The van der Waals surface area contributed by atoms with Crippen LogP contribution in [0.3, 0.4) is 0 Å². The monoisotopic (exact) mass is 257 g/mol. The van der Waals surface area contributed by atoms with Crippen molar-refractivity contribution in [1.29, 1.82) is 0 Å². The Bertz CT molecular complexity index is 627. The number of ether oxygens (including phenoxy) is 1. The van der Waals surface area contributed by atoms with Crippen LogP contribution in [0.15, 0.2) is 42.7 Å². The molecule has 2 heterocycles. The second kappa shape index (κ2) is 4.80. The summed E-state index contributed by atoms with van der Waals surface area (Å²) in [5, 5.41) is 0. The van der Waals surface area contributed by atoms with Crippen molar-refractivity contribution in [3.63, 3.8) is 0 Å². The molecule has 1 aromatic carbocycles. The number of ketones is 1. The molecular formula is C15H12FNO2. The third-order valence-electron chi connectivity index (χ3n) is 3.29. The maximum atomic E-state index is 13.6. The van der Waals surface area contributed by atoms with Gasteiger partial charge in [-0.2, -0.15) is 0 Å². The van der Waals surface area contributed by atoms with Crippen molar-refractivity contribution < 1.29 is 13.9 Å². The molecule has 1 aliphatic heterocycles. The van der Waals surface area contributed by atoms with Crippen molar-refractivity contribution in [2.45, 2.75) is 6.42 Å². The zero-order valence-corrected chi connectivity index (χ0v) is 10.2. The zero-order valence-electron chi connectivity index (χ0n) is 10.2. The number of pyridine rings is 1. The van der Waals surface area contributed by atoms with Crippen LogP contribution in [0.2, 0.25) is 0 Å². The number of halogens is 1. The topological polar surface area (TPSA) is 39.2 Å². The summed E-state index contributed by atoms with van der Waals surface area (Å²) in [6.45, 7) is 0.289. The highest BCUT2D eigenvalue weighted by molar-refractivity contribution is 5.98. The molecule has 1 aromatic heterocycles. The number of fused-ring (bicyclic) bond motifs is 1. The lowest BCUT2D eigenvalue weighted by Crippen LogP contribution is -2.28. The molecule has 96 valence electrons. The predicted octanol–water partition coefficient (Wildman–Crippen LogP) is 2.65. The lowest BCUT2D eigenvalue weighted by Gasteiger charge is -2.24. The minimum atomic E-state index is -0.577. The van der Waals surface area contributed by atoms with Crippen LogP contribution in [0.4, 0.5) is 4.39 Å². The average Bonchev–Trinajstić information content (AvgIpc) is 2.46. The van der Waals surface area contributed by atoms with Crippen LogP contribution in [0, 0.1) is 11.7 Å². The number of hydrogen-bond acceptors (Lipinski definition) is 3. The molecule has 0 aliphatic carbocycles. The highest BCUT2D eigenvalue weighted by atomic mass is 19.1. The number of para-hydroxylation sites is 1. The molecule has 2 aromatic rings. The Morgan fingerprint density at radius 2 is 2.16 bits per heavy atom. The van der Waals surface area contributed by atoms with Gasteiger partial charge in [0.15, 0.2) is 11.6 Å². The number of Topliss-reactive ketones (excluding diaryl/α,β-unsaturated/α-hetero) is 1. The third kappa shape index (κ3) is 2.21. The van der Waals surface area contributed by atoms with Crippen molar-refractivity contribution >= 4 is 5.78 Å². The first kappa shape index (κ1) is 11.8. The summed E-state index contributed by atoms with van der Waals surface area (Å²) >= 11 is 0. The van der Waals surface area contributed by atoms with E-state index in [0.717, 1.165) is 17.5 Å². The fraction of sp³-hybridized carbons (Fsp3) is 0.200. The SMILES string of the molecule is O=C(c1ccncc1F)C1COc2ccccc2C1. The first-order chi connectivity index (χ1) is 9.25. The van der Waals surface area contributed by atoms with E-state index in [4.69, 9.17) is 4.74 Å². The maximum Gasteiger partial charge on any atom is 0.172 e. The van der Waals surface area contributed by atoms with Crippen LogP contribution in [-0.4, -0.2) is 17.4 Å². The van der Waals surface area contributed by atoms with Gasteiger partial charge in [-0.15, -0.1) is 0 Å². The van der Waals surface area contributed by atoms with Crippen molar-refractivity contribution in [1.82, 2.24) is 4.98 Å². The molecule has 1 atom stereocenters. The number of aromatic nitrogens is 1. The van der Waals surface area contributed by atoms with E-state index < -0.39 is 5.82 Å². The van der Waals surface area contributed by atoms with Gasteiger partial charge in [-0.25, -0.2) is 4.39 Å². The molecule has 0 bridgehead atoms. The van der Waals surface area contributed by atoms with E-state index in [1.165, 1.54) is 12.3 Å². The molecule has 3 nitrogen and oxygen atoms in total. The summed E-state index contributed by atoms with van der Waals surface area (Å²) in [5.74, 6) is -0.339. The van der Waals surface area contributed by atoms with Crippen molar-refractivity contribution in [3.05, 3.63) is 59.7 Å². The Kier molecular flexibility index (Phi) is 2.99. The summed E-state index contributed by atoms with van der Waals surface area (Å²) in [6.07, 6.45) is 3.07. The van der Waals surface area contributed by atoms with Crippen LogP contribution >= 0.6 is 0 Å². The van der Waals surface area contributed by atoms with Gasteiger partial charge in [0, 0.05) is 6.20 Å². The Morgan fingerprint density at radius 3 is 3.00 bits per heavy atom. The molecule has 19 heavy (non-hydrogen) atoms. The zero-order chi connectivity index (χ0) is 13.2. The highest BCUT2D eigenvalue weighted by Crippen LogP contribution is 2.28. The lowest BCUT2D eigenvalue weighted by atomic mass is 9.90. The number of nitrogens with zero attached hydrogens (tertiary/aromatic N) is 1. The Hall–Kier alpha value is -2.23. The number of hydrogen-bond donors (Lipinski definition) is 0. The van der Waals surface area contributed by atoms with E-state index in [1.54, 1.807) is 0 Å². The van der Waals surface area contributed by atoms with Gasteiger partial charge in [0.25, 0.3) is 0 Å². The minimum absolute atomic E-state index is 0.0861. The summed E-state index contributed by atoms with van der Waals surface area (Å²) in [5.41, 5.74) is 1.07. The molecule has 0 radical (unpaired) electrons. The van der Waals surface area contributed by atoms with Crippen LogP contribution in [-0.2, 0) is 6.42 Å². The summed E-state index contributed by atoms with van der Waals surface area (Å²) in [7, 11) is 0. The Balaban J connectivity index is 1.86. The second-order valence-electron chi connectivity index (χ2n) is 4.54. The van der Waals surface area contributed by atoms with Crippen LogP contribution in [0.5, 0.6) is 5.75 Å². The molecule has 0 saturated carbocycles. The lowest BCUT2D eigenvalue weighted by molar-refractivity contribution is 0.0850. The van der Waals surface area contributed by atoms with Crippen LogP contribution < -0.4 is 4.74 Å². The van der Waals surface area contributed by atoms with Gasteiger partial charge >= 0.3 is 0 Å². The largest absolute Gasteiger partial charge is 0.493 e. The molecule has 1 unspecified atom stereocenters. The van der Waals surface area contributed by atoms with Gasteiger partial charge in [0.1, 0.15) is 5.75 Å². The molecule has 0 spiro atoms. The van der Waals surface area contributed by atoms with Crippen molar-refractivity contribution in [2.24, 2.45) is 5.92 Å². The van der Waals surface area contributed by atoms with Gasteiger partial charge in [-0.05, 0) is 24.1 Å². The fourth-order valence-corrected chi connectivity index (χ4v) is 2.29. The van der Waals surface area contributed by atoms with Gasteiger partial charge in [-0.1, -0.05) is 18.2 Å². The minimum Gasteiger partial charge on any atom is -0.493 e. The first-order valence-electron chi connectivity index (χ1n) is 6.10. The van der Waals surface area contributed by atoms with E-state index in [-0.39, 0.29) is 23.9 Å². The third-order valence-corrected chi connectivity index (χ3v) is 3.29. The van der Waals surface area contributed by atoms with E-state index in [1.807, 2.05) is 24.3 Å². The van der Waals surface area contributed by atoms with Gasteiger partial charge in [0.2, 0.25) is 0 Å². The van der Waals surface area contributed by atoms with E-state index >= 15 is 0 Å². The second-order valence-corrected chi connectivity index (χ2v) is 4.54. The number of benzene rings is 1. The van der Waals surface area contributed by atoms with Crippen LogP contribution in [0.25, 0.3) is 0 Å². The summed E-state index contributed by atoms with van der Waals surface area (Å²) in [4.78, 5) is 15.9. The number of rotatable bonds is 2. The molecular weight excluding hydrogens is 245 g/mol. The summed E-state index contributed by atoms with van der Waals surface area (Å²) in [6, 6.07) is 9.02. The van der Waals surface area contributed by atoms with E-state index in [0.29, 0.717) is 6.42 Å². The Morgan fingerprint density at radius 1 is 1.32 bits per heavy atom. The van der Waals surface area contributed by atoms with E-state index in [9.17, 15) is 9.18 Å². The molecule has 4 heteroatoms. The molecule has 0 amide bonds. The molecule has 1 aliphatic rings. The van der Waals surface area contributed by atoms with Gasteiger partial charge in [-0.3, -0.25) is 9.78 Å². The first-order valence-corrected chi connectivity index (χ1v) is 6.10. The number of carbonyl (C=O) groups is 1. The standard InChI is InChI=1S/C15H12FNO2/c16-13-8-17-6-5-12(13)15(18)11-7-10-3-1-2-4-14(10)19-9-11/h1-6,8,11H,7,9H2. The average molecular weight is 257 g/mol. The van der Waals surface area contributed by atoms with E-state index in [2.05, 4.69) is 4.98 Å². The van der Waals surface area contributed by atoms with Gasteiger partial charge < -0.3 is 4.74 Å². The highest BCUT2D eigenvalue weighted by Gasteiger charge is 2.28. The quantitative estimate of drug-likeness (QED) is 0.776. The number of carbonyl (C=O) groups excluding carboxylic acids is 1. The van der Waals surface area contributed by atoms with Crippen molar-refractivity contribution in [2.75, 3.05) is 6.61 Å². The normalized spacial score (nSPS) is 17.4. The fourth-order valence-electron chi connectivity index (χ4n) is 2.29. The molecule has 3 rings (SSSR count).